The van der Waals surface area contributed by atoms with Crippen LogP contribution >= 0.6 is 11.6 Å². The topological polar surface area (TPSA) is 101 Å². The Labute approximate surface area is 221 Å². The summed E-state index contributed by atoms with van der Waals surface area (Å²) in [5.74, 6) is 2.57. The van der Waals surface area contributed by atoms with E-state index in [2.05, 4.69) is 37.4 Å². The fraction of sp³-hybridized carbons (Fsp3) is 0.370. The van der Waals surface area contributed by atoms with Crippen molar-refractivity contribution in [3.8, 4) is 0 Å². The second-order valence-electron chi connectivity index (χ2n) is 10.2. The lowest BCUT2D eigenvalue weighted by Crippen LogP contribution is -2.34. The number of piperidine rings is 1. The molecule has 1 fully saturated rings. The average molecular weight is 519 g/mol. The van der Waals surface area contributed by atoms with Crippen LogP contribution in [-0.2, 0) is 12.6 Å². The smallest absolute Gasteiger partial charge is 0.252 e. The van der Waals surface area contributed by atoms with E-state index in [0.29, 0.717) is 28.3 Å². The Morgan fingerprint density at radius 1 is 1.08 bits per heavy atom. The summed E-state index contributed by atoms with van der Waals surface area (Å²) in [6.07, 6.45) is 7.31. The standard InChI is InChI=1S/C27H31ClN8O/c1-17-8-12-36(13-9-17)26-31-16-20(28)24(33-26)32-18-6-7-22-19(14-18)21(15-23(37)35(22)4)34-27(2,3)25-29-10-5-11-30-25/h5-7,10-11,14-17,34H,8-9,12-13H2,1-4H3,(H,31,32,33). The van der Waals surface area contributed by atoms with Crippen molar-refractivity contribution in [1.29, 1.82) is 0 Å². The molecule has 37 heavy (non-hydrogen) atoms. The summed E-state index contributed by atoms with van der Waals surface area (Å²) in [5, 5.41) is 8.15. The van der Waals surface area contributed by atoms with Crippen LogP contribution in [-0.4, -0.2) is 37.6 Å². The molecule has 0 spiro atoms. The van der Waals surface area contributed by atoms with Gasteiger partial charge in [-0.05, 0) is 56.9 Å². The molecule has 0 bridgehead atoms. The minimum atomic E-state index is -0.610. The number of aryl methyl sites for hydroxylation is 1. The first-order chi connectivity index (χ1) is 17.7. The van der Waals surface area contributed by atoms with E-state index in [1.165, 1.54) is 0 Å². The Morgan fingerprint density at radius 2 is 1.81 bits per heavy atom. The second kappa shape index (κ2) is 9.97. The molecular formula is C27H31ClN8O. The van der Waals surface area contributed by atoms with Gasteiger partial charge >= 0.3 is 0 Å². The molecule has 9 nitrogen and oxygen atoms in total. The van der Waals surface area contributed by atoms with Crippen LogP contribution in [0.4, 0.5) is 23.1 Å². The van der Waals surface area contributed by atoms with Gasteiger partial charge in [0.05, 0.1) is 17.3 Å². The van der Waals surface area contributed by atoms with Crippen molar-refractivity contribution in [2.75, 3.05) is 28.6 Å². The van der Waals surface area contributed by atoms with Gasteiger partial charge in [0.15, 0.2) is 11.6 Å². The molecule has 0 amide bonds. The van der Waals surface area contributed by atoms with Crippen molar-refractivity contribution in [2.45, 2.75) is 39.2 Å². The summed E-state index contributed by atoms with van der Waals surface area (Å²) in [6, 6.07) is 9.19. The number of fused-ring (bicyclic) bond motifs is 1. The van der Waals surface area contributed by atoms with Gasteiger partial charge in [0, 0.05) is 55.4 Å². The summed E-state index contributed by atoms with van der Waals surface area (Å²) >= 11 is 6.48. The fourth-order valence-corrected chi connectivity index (χ4v) is 4.74. The van der Waals surface area contributed by atoms with Gasteiger partial charge < -0.3 is 20.1 Å². The molecule has 0 atom stereocenters. The largest absolute Gasteiger partial charge is 0.372 e. The zero-order valence-corrected chi connectivity index (χ0v) is 22.3. The number of rotatable bonds is 6. The van der Waals surface area contributed by atoms with Gasteiger partial charge in [-0.3, -0.25) is 4.79 Å². The molecule has 1 aromatic carbocycles. The normalized spacial score (nSPS) is 14.7. The van der Waals surface area contributed by atoms with Gasteiger partial charge in [-0.25, -0.2) is 15.0 Å². The summed E-state index contributed by atoms with van der Waals surface area (Å²) in [4.78, 5) is 32.9. The maximum atomic E-state index is 12.7. The summed E-state index contributed by atoms with van der Waals surface area (Å²) in [6.45, 7) is 8.11. The molecular weight excluding hydrogens is 488 g/mol. The summed E-state index contributed by atoms with van der Waals surface area (Å²) in [5.41, 5.74) is 1.56. The number of hydrogen-bond donors (Lipinski definition) is 2. The highest BCUT2D eigenvalue weighted by molar-refractivity contribution is 6.32. The van der Waals surface area contributed by atoms with Crippen molar-refractivity contribution < 1.29 is 0 Å². The van der Waals surface area contributed by atoms with E-state index in [-0.39, 0.29) is 5.56 Å². The summed E-state index contributed by atoms with van der Waals surface area (Å²) in [7, 11) is 1.76. The lowest BCUT2D eigenvalue weighted by atomic mass is 10.00. The molecule has 4 heterocycles. The molecule has 0 unspecified atom stereocenters. The van der Waals surface area contributed by atoms with Crippen LogP contribution in [0.25, 0.3) is 10.9 Å². The lowest BCUT2D eigenvalue weighted by molar-refractivity contribution is 0.434. The van der Waals surface area contributed by atoms with Gasteiger partial charge in [0.25, 0.3) is 5.56 Å². The first-order valence-corrected chi connectivity index (χ1v) is 12.8. The zero-order valence-electron chi connectivity index (χ0n) is 21.5. The molecule has 0 radical (unpaired) electrons. The van der Waals surface area contributed by atoms with Crippen LogP contribution in [0.1, 0.15) is 39.4 Å². The molecule has 0 aliphatic carbocycles. The first-order valence-electron chi connectivity index (χ1n) is 12.5. The highest BCUT2D eigenvalue weighted by atomic mass is 35.5. The second-order valence-corrected chi connectivity index (χ2v) is 10.6. The third kappa shape index (κ3) is 5.22. The third-order valence-corrected chi connectivity index (χ3v) is 7.16. The van der Waals surface area contributed by atoms with Crippen molar-refractivity contribution >= 4 is 45.6 Å². The Balaban J connectivity index is 1.49. The molecule has 10 heteroatoms. The number of pyridine rings is 1. The van der Waals surface area contributed by atoms with Crippen LogP contribution < -0.4 is 21.1 Å². The zero-order chi connectivity index (χ0) is 26.2. The molecule has 5 rings (SSSR count). The Hall–Kier alpha value is -3.72. The van der Waals surface area contributed by atoms with E-state index in [1.54, 1.807) is 42.3 Å². The monoisotopic (exact) mass is 518 g/mol. The van der Waals surface area contributed by atoms with Crippen LogP contribution in [0.3, 0.4) is 0 Å². The van der Waals surface area contributed by atoms with Crippen molar-refractivity contribution in [2.24, 2.45) is 13.0 Å². The number of halogens is 1. The van der Waals surface area contributed by atoms with Gasteiger partial charge in [0.1, 0.15) is 5.02 Å². The molecule has 0 saturated carbocycles. The molecule has 192 valence electrons. The molecule has 2 N–H and O–H groups in total. The maximum Gasteiger partial charge on any atom is 0.252 e. The van der Waals surface area contributed by atoms with Crippen LogP contribution in [0.15, 0.2) is 53.7 Å². The molecule has 1 aliphatic rings. The Morgan fingerprint density at radius 3 is 2.54 bits per heavy atom. The number of benzene rings is 1. The average Bonchev–Trinajstić information content (AvgIpc) is 2.89. The predicted octanol–water partition coefficient (Wildman–Crippen LogP) is 5.10. The van der Waals surface area contributed by atoms with Crippen LogP contribution in [0, 0.1) is 5.92 Å². The van der Waals surface area contributed by atoms with E-state index < -0.39 is 5.54 Å². The molecule has 1 saturated heterocycles. The van der Waals surface area contributed by atoms with Gasteiger partial charge in [-0.2, -0.15) is 4.98 Å². The summed E-state index contributed by atoms with van der Waals surface area (Å²) < 4.78 is 1.63. The number of nitrogens with one attached hydrogen (secondary N) is 2. The van der Waals surface area contributed by atoms with E-state index in [0.717, 1.165) is 48.4 Å². The van der Waals surface area contributed by atoms with Crippen molar-refractivity contribution in [1.82, 2.24) is 24.5 Å². The van der Waals surface area contributed by atoms with Crippen molar-refractivity contribution in [3.63, 3.8) is 0 Å². The van der Waals surface area contributed by atoms with Crippen LogP contribution in [0.5, 0.6) is 0 Å². The minimum absolute atomic E-state index is 0.111. The lowest BCUT2D eigenvalue weighted by Gasteiger charge is -2.30. The molecule has 4 aromatic rings. The third-order valence-electron chi connectivity index (χ3n) is 6.88. The van der Waals surface area contributed by atoms with Gasteiger partial charge in [-0.15, -0.1) is 0 Å². The number of hydrogen-bond acceptors (Lipinski definition) is 8. The SMILES string of the molecule is CC1CCN(c2ncc(Cl)c(Nc3ccc4c(c3)c(NC(C)(C)c3ncccn3)cc(=O)n4C)n2)CC1. The quantitative estimate of drug-likeness (QED) is 0.363. The van der Waals surface area contributed by atoms with Crippen molar-refractivity contribution in [3.05, 3.63) is 70.1 Å². The number of aromatic nitrogens is 5. The Bertz CT molecular complexity index is 1480. The minimum Gasteiger partial charge on any atom is -0.372 e. The highest BCUT2D eigenvalue weighted by Gasteiger charge is 2.25. The highest BCUT2D eigenvalue weighted by Crippen LogP contribution is 2.32. The van der Waals surface area contributed by atoms with E-state index in [1.807, 2.05) is 32.0 Å². The maximum absolute atomic E-state index is 12.7. The van der Waals surface area contributed by atoms with Gasteiger partial charge in [0.2, 0.25) is 5.95 Å². The predicted molar refractivity (Wildman–Crippen MR) is 149 cm³/mol. The van der Waals surface area contributed by atoms with E-state index in [9.17, 15) is 4.79 Å². The van der Waals surface area contributed by atoms with E-state index in [4.69, 9.17) is 16.6 Å². The van der Waals surface area contributed by atoms with E-state index >= 15 is 0 Å². The molecule has 3 aromatic heterocycles. The Kier molecular flexibility index (Phi) is 6.72. The van der Waals surface area contributed by atoms with Crippen LogP contribution in [0.2, 0.25) is 5.02 Å². The van der Waals surface area contributed by atoms with Gasteiger partial charge in [-0.1, -0.05) is 18.5 Å². The number of anilines is 4. The fourth-order valence-electron chi connectivity index (χ4n) is 4.60. The molecule has 1 aliphatic heterocycles. The number of nitrogens with zero attached hydrogens (tertiary/aromatic N) is 6. The first kappa shape index (κ1) is 25.0.